The van der Waals surface area contributed by atoms with Gasteiger partial charge in [0.2, 0.25) is 0 Å². The Morgan fingerprint density at radius 2 is 1.46 bits per heavy atom. The smallest absolute Gasteiger partial charge is 0.147 e. The lowest BCUT2D eigenvalue weighted by atomic mass is 9.72. The number of carbonyl (C=O) groups is 1. The van der Waals surface area contributed by atoms with Crippen molar-refractivity contribution in [2.45, 2.75) is 6.42 Å². The summed E-state index contributed by atoms with van der Waals surface area (Å²) in [6.45, 7) is 0. The van der Waals surface area contributed by atoms with Gasteiger partial charge < -0.3 is 0 Å². The van der Waals surface area contributed by atoms with Crippen molar-refractivity contribution in [2.24, 2.45) is 23.7 Å². The quantitative estimate of drug-likeness (QED) is 0.511. The molecule has 0 unspecified atom stereocenters. The summed E-state index contributed by atoms with van der Waals surface area (Å²) in [5.41, 5.74) is 0. The number of fused-ring (bicyclic) bond motifs is 6. The summed E-state index contributed by atoms with van der Waals surface area (Å²) in [4.78, 5) is 11.9. The fourth-order valence-corrected chi connectivity index (χ4v) is 2.78. The van der Waals surface area contributed by atoms with Crippen LogP contribution in [0.25, 0.3) is 0 Å². The molecule has 13 heavy (non-hydrogen) atoms. The van der Waals surface area contributed by atoms with Crippen molar-refractivity contribution in [1.29, 1.82) is 0 Å². The molecule has 0 N–H and O–H groups in total. The highest BCUT2D eigenvalue weighted by atomic mass is 16.1. The van der Waals surface area contributed by atoms with Crippen LogP contribution in [0.4, 0.5) is 0 Å². The topological polar surface area (TPSA) is 17.1 Å². The predicted octanol–water partition coefficient (Wildman–Crippen LogP) is 2.12. The van der Waals surface area contributed by atoms with Gasteiger partial charge in [-0.1, -0.05) is 36.5 Å². The number of hydrogen-bond acceptors (Lipinski definition) is 1. The Morgan fingerprint density at radius 3 is 2.00 bits per heavy atom. The molecule has 0 aromatic carbocycles. The van der Waals surface area contributed by atoms with Gasteiger partial charge in [-0.3, -0.25) is 4.79 Å². The standard InChI is InChI=1S/C12H12O/c13-12-10-3-1-2-4-11(12)9-6-5-8(10)7-9/h1-6,8-11H,7H2/t8-,9+,10-,11+. The molecule has 66 valence electrons. The molecule has 0 radical (unpaired) electrons. The zero-order chi connectivity index (χ0) is 8.84. The number of Topliss-reactive ketones (excluding diaryl/α,β-unsaturated/α-hetero) is 1. The van der Waals surface area contributed by atoms with Crippen LogP contribution in [0.5, 0.6) is 0 Å². The molecule has 1 heteroatoms. The fourth-order valence-electron chi connectivity index (χ4n) is 2.78. The van der Waals surface area contributed by atoms with Gasteiger partial charge in [0.25, 0.3) is 0 Å². The third-order valence-corrected chi connectivity index (χ3v) is 3.48. The van der Waals surface area contributed by atoms with E-state index in [1.165, 1.54) is 6.42 Å². The minimum Gasteiger partial charge on any atom is -0.298 e. The molecule has 0 aliphatic heterocycles. The zero-order valence-electron chi connectivity index (χ0n) is 7.39. The monoisotopic (exact) mass is 172 g/mol. The van der Waals surface area contributed by atoms with Crippen LogP contribution < -0.4 is 0 Å². The van der Waals surface area contributed by atoms with Gasteiger partial charge in [-0.05, 0) is 18.3 Å². The largest absolute Gasteiger partial charge is 0.298 e. The van der Waals surface area contributed by atoms with E-state index < -0.39 is 0 Å². The molecule has 0 aromatic heterocycles. The summed E-state index contributed by atoms with van der Waals surface area (Å²) < 4.78 is 0. The van der Waals surface area contributed by atoms with Crippen molar-refractivity contribution < 1.29 is 4.79 Å². The Bertz CT molecular complexity index is 305. The van der Waals surface area contributed by atoms with Crippen LogP contribution in [-0.4, -0.2) is 5.78 Å². The van der Waals surface area contributed by atoms with Crippen LogP contribution in [0, 0.1) is 23.7 Å². The Labute approximate surface area is 77.8 Å². The van der Waals surface area contributed by atoms with Crippen molar-refractivity contribution in [3.63, 3.8) is 0 Å². The lowest BCUT2D eigenvalue weighted by Gasteiger charge is -2.30. The summed E-state index contributed by atoms with van der Waals surface area (Å²) in [5, 5.41) is 0. The molecule has 3 rings (SSSR count). The van der Waals surface area contributed by atoms with E-state index in [4.69, 9.17) is 0 Å². The van der Waals surface area contributed by atoms with Gasteiger partial charge in [-0.15, -0.1) is 0 Å². The van der Waals surface area contributed by atoms with Gasteiger partial charge in [-0.25, -0.2) is 0 Å². The fraction of sp³-hybridized carbons (Fsp3) is 0.417. The number of ketones is 1. The summed E-state index contributed by atoms with van der Waals surface area (Å²) >= 11 is 0. The van der Waals surface area contributed by atoms with Gasteiger partial charge in [0.1, 0.15) is 5.78 Å². The van der Waals surface area contributed by atoms with Crippen LogP contribution in [-0.2, 0) is 4.79 Å². The second-order valence-electron chi connectivity index (χ2n) is 4.17. The van der Waals surface area contributed by atoms with Gasteiger partial charge in [-0.2, -0.15) is 0 Å². The third kappa shape index (κ3) is 0.902. The van der Waals surface area contributed by atoms with E-state index in [9.17, 15) is 4.79 Å². The zero-order valence-corrected chi connectivity index (χ0v) is 7.39. The molecule has 3 aliphatic rings. The Balaban J connectivity index is 2.11. The van der Waals surface area contributed by atoms with E-state index in [0.29, 0.717) is 17.6 Å². The summed E-state index contributed by atoms with van der Waals surface area (Å²) in [7, 11) is 0. The molecule has 0 heterocycles. The normalized spacial score (nSPS) is 45.4. The van der Waals surface area contributed by atoms with Crippen LogP contribution in [0.3, 0.4) is 0 Å². The van der Waals surface area contributed by atoms with Gasteiger partial charge in [0.15, 0.2) is 0 Å². The highest BCUT2D eigenvalue weighted by Crippen LogP contribution is 2.43. The Hall–Kier alpha value is -1.11. The van der Waals surface area contributed by atoms with E-state index in [-0.39, 0.29) is 11.8 Å². The van der Waals surface area contributed by atoms with Crippen molar-refractivity contribution in [3.8, 4) is 0 Å². The summed E-state index contributed by atoms with van der Waals surface area (Å²) in [5.74, 6) is 1.73. The number of allylic oxidation sites excluding steroid dienone is 6. The summed E-state index contributed by atoms with van der Waals surface area (Å²) in [6.07, 6.45) is 13.8. The van der Waals surface area contributed by atoms with Crippen molar-refractivity contribution in [1.82, 2.24) is 0 Å². The van der Waals surface area contributed by atoms with Crippen molar-refractivity contribution in [3.05, 3.63) is 36.5 Å². The lowest BCUT2D eigenvalue weighted by molar-refractivity contribution is -0.127. The second kappa shape index (κ2) is 2.44. The SMILES string of the molecule is O=C1[C@H]2C=CC=C[C@@H]1[C@@H]1C=C[C@H]2C1. The van der Waals surface area contributed by atoms with Crippen LogP contribution >= 0.6 is 0 Å². The third-order valence-electron chi connectivity index (χ3n) is 3.48. The first-order valence-electron chi connectivity index (χ1n) is 4.93. The minimum atomic E-state index is 0.162. The highest BCUT2D eigenvalue weighted by molar-refractivity contribution is 5.89. The average molecular weight is 172 g/mol. The molecular weight excluding hydrogens is 160 g/mol. The molecule has 0 spiro atoms. The van der Waals surface area contributed by atoms with Gasteiger partial charge >= 0.3 is 0 Å². The molecule has 4 atom stereocenters. The number of rotatable bonds is 0. The molecule has 3 aliphatic carbocycles. The van der Waals surface area contributed by atoms with Gasteiger partial charge in [0, 0.05) is 11.8 Å². The van der Waals surface area contributed by atoms with E-state index in [1.54, 1.807) is 0 Å². The maximum atomic E-state index is 11.9. The molecule has 0 aromatic rings. The number of carbonyl (C=O) groups excluding carboxylic acids is 1. The maximum absolute atomic E-state index is 11.9. The molecular formula is C12H12O. The van der Waals surface area contributed by atoms with E-state index in [2.05, 4.69) is 24.3 Å². The first-order chi connectivity index (χ1) is 6.36. The van der Waals surface area contributed by atoms with Crippen LogP contribution in [0.15, 0.2) is 36.5 Å². The van der Waals surface area contributed by atoms with Crippen LogP contribution in [0.2, 0.25) is 0 Å². The lowest BCUT2D eigenvalue weighted by Crippen LogP contribution is -2.34. The van der Waals surface area contributed by atoms with E-state index in [0.717, 1.165) is 0 Å². The Kier molecular flexibility index (Phi) is 1.37. The first kappa shape index (κ1) is 7.31. The predicted molar refractivity (Wildman–Crippen MR) is 51.0 cm³/mol. The van der Waals surface area contributed by atoms with E-state index >= 15 is 0 Å². The highest BCUT2D eigenvalue weighted by Gasteiger charge is 2.42. The second-order valence-corrected chi connectivity index (χ2v) is 4.17. The summed E-state index contributed by atoms with van der Waals surface area (Å²) in [6, 6.07) is 0. The average Bonchev–Trinajstić information content (AvgIpc) is 2.51. The van der Waals surface area contributed by atoms with Crippen LogP contribution in [0.1, 0.15) is 6.42 Å². The van der Waals surface area contributed by atoms with Crippen molar-refractivity contribution >= 4 is 5.78 Å². The van der Waals surface area contributed by atoms with E-state index in [1.807, 2.05) is 12.2 Å². The van der Waals surface area contributed by atoms with Crippen molar-refractivity contribution in [2.75, 3.05) is 0 Å². The molecule has 4 bridgehead atoms. The molecule has 0 saturated heterocycles. The number of hydrogen-bond donors (Lipinski definition) is 0. The van der Waals surface area contributed by atoms with Gasteiger partial charge in [0.05, 0.1) is 0 Å². The molecule has 0 amide bonds. The first-order valence-corrected chi connectivity index (χ1v) is 4.93. The Morgan fingerprint density at radius 1 is 0.923 bits per heavy atom. The molecule has 1 fully saturated rings. The maximum Gasteiger partial charge on any atom is 0.147 e. The minimum absolute atomic E-state index is 0.162. The molecule has 1 saturated carbocycles. The molecule has 1 nitrogen and oxygen atoms in total.